The Labute approximate surface area is 160 Å². The molecular weight excluding hydrogens is 417 g/mol. The van der Waals surface area contributed by atoms with Crippen LogP contribution in [0.15, 0.2) is 47.7 Å². The van der Waals surface area contributed by atoms with E-state index in [9.17, 15) is 0 Å². The van der Waals surface area contributed by atoms with Crippen molar-refractivity contribution in [3.8, 4) is 5.88 Å². The van der Waals surface area contributed by atoms with Gasteiger partial charge in [0, 0.05) is 37.1 Å². The zero-order chi connectivity index (χ0) is 16.3. The number of rotatable bonds is 8. The number of nitrogens with two attached hydrogens (primary N) is 1. The SMILES string of the molecule is CCCOc1ccc(CN=C(N)NCCc2ccccn2)cn1.I. The van der Waals surface area contributed by atoms with Crippen molar-refractivity contribution in [2.24, 2.45) is 10.7 Å². The Balaban J connectivity index is 0.00000288. The molecule has 0 fully saturated rings. The van der Waals surface area contributed by atoms with Gasteiger partial charge >= 0.3 is 0 Å². The highest BCUT2D eigenvalue weighted by Gasteiger charge is 1.98. The van der Waals surface area contributed by atoms with Gasteiger partial charge < -0.3 is 15.8 Å². The van der Waals surface area contributed by atoms with Crippen molar-refractivity contribution in [3.63, 3.8) is 0 Å². The molecule has 6 nitrogen and oxygen atoms in total. The summed E-state index contributed by atoms with van der Waals surface area (Å²) >= 11 is 0. The number of ether oxygens (including phenoxy) is 1. The van der Waals surface area contributed by atoms with E-state index in [2.05, 4.69) is 27.2 Å². The molecule has 0 spiro atoms. The van der Waals surface area contributed by atoms with E-state index >= 15 is 0 Å². The minimum absolute atomic E-state index is 0. The van der Waals surface area contributed by atoms with Gasteiger partial charge in [0.15, 0.2) is 5.96 Å². The first-order valence-corrected chi connectivity index (χ1v) is 7.79. The van der Waals surface area contributed by atoms with Crippen LogP contribution >= 0.6 is 24.0 Å². The fourth-order valence-electron chi connectivity index (χ4n) is 1.89. The van der Waals surface area contributed by atoms with Gasteiger partial charge in [-0.1, -0.05) is 19.1 Å². The van der Waals surface area contributed by atoms with E-state index < -0.39 is 0 Å². The first kappa shape index (κ1) is 20.1. The van der Waals surface area contributed by atoms with Gasteiger partial charge in [0.25, 0.3) is 0 Å². The number of nitrogens with zero attached hydrogens (tertiary/aromatic N) is 3. The highest BCUT2D eigenvalue weighted by molar-refractivity contribution is 14.0. The Kier molecular flexibility index (Phi) is 9.74. The maximum absolute atomic E-state index is 5.85. The number of hydrogen-bond donors (Lipinski definition) is 2. The van der Waals surface area contributed by atoms with Gasteiger partial charge in [0.1, 0.15) is 0 Å². The molecule has 0 atom stereocenters. The summed E-state index contributed by atoms with van der Waals surface area (Å²) in [7, 11) is 0. The van der Waals surface area contributed by atoms with Crippen molar-refractivity contribution < 1.29 is 4.74 Å². The smallest absolute Gasteiger partial charge is 0.213 e. The number of guanidine groups is 1. The van der Waals surface area contributed by atoms with E-state index in [1.165, 1.54) is 0 Å². The first-order valence-electron chi connectivity index (χ1n) is 7.79. The van der Waals surface area contributed by atoms with Gasteiger partial charge in [-0.25, -0.2) is 9.98 Å². The molecular formula is C17H24IN5O. The van der Waals surface area contributed by atoms with Crippen LogP contribution < -0.4 is 15.8 Å². The standard InChI is InChI=1S/C17H23N5O.HI/c1-2-11-23-16-7-6-14(12-21-16)13-22-17(18)20-10-8-15-5-3-4-9-19-15;/h3-7,9,12H,2,8,10-11,13H2,1H3,(H3,18,20,22);1H. The Bertz CT molecular complexity index is 604. The Morgan fingerprint density at radius 3 is 2.79 bits per heavy atom. The fraction of sp³-hybridized carbons (Fsp3) is 0.353. The van der Waals surface area contributed by atoms with Crippen molar-refractivity contribution in [2.75, 3.05) is 13.2 Å². The van der Waals surface area contributed by atoms with Crippen molar-refractivity contribution in [3.05, 3.63) is 54.0 Å². The molecule has 0 aliphatic heterocycles. The number of nitrogens with one attached hydrogen (secondary N) is 1. The predicted molar refractivity (Wildman–Crippen MR) is 107 cm³/mol. The minimum atomic E-state index is 0. The van der Waals surface area contributed by atoms with Crippen LogP contribution in [0, 0.1) is 0 Å². The zero-order valence-electron chi connectivity index (χ0n) is 13.8. The van der Waals surface area contributed by atoms with Crippen molar-refractivity contribution in [2.45, 2.75) is 26.3 Å². The van der Waals surface area contributed by atoms with E-state index in [1.807, 2.05) is 30.3 Å². The molecule has 0 saturated heterocycles. The second-order valence-corrected chi connectivity index (χ2v) is 5.05. The quantitative estimate of drug-likeness (QED) is 0.374. The van der Waals surface area contributed by atoms with Crippen LogP contribution in [0.5, 0.6) is 5.88 Å². The van der Waals surface area contributed by atoms with Crippen molar-refractivity contribution in [1.82, 2.24) is 15.3 Å². The summed E-state index contributed by atoms with van der Waals surface area (Å²) in [6, 6.07) is 9.66. The van der Waals surface area contributed by atoms with Crippen LogP contribution in [0.4, 0.5) is 0 Å². The lowest BCUT2D eigenvalue weighted by Gasteiger charge is -2.06. The van der Waals surface area contributed by atoms with Crippen LogP contribution in [-0.4, -0.2) is 29.1 Å². The molecule has 0 bridgehead atoms. The molecule has 0 amide bonds. The second kappa shape index (κ2) is 11.6. The Morgan fingerprint density at radius 1 is 1.25 bits per heavy atom. The topological polar surface area (TPSA) is 85.4 Å². The second-order valence-electron chi connectivity index (χ2n) is 5.05. The Morgan fingerprint density at radius 2 is 2.12 bits per heavy atom. The fourth-order valence-corrected chi connectivity index (χ4v) is 1.89. The summed E-state index contributed by atoms with van der Waals surface area (Å²) in [6.07, 6.45) is 5.32. The molecule has 2 rings (SSSR count). The molecule has 7 heteroatoms. The summed E-state index contributed by atoms with van der Waals surface area (Å²) < 4.78 is 5.44. The first-order chi connectivity index (χ1) is 11.3. The predicted octanol–water partition coefficient (Wildman–Crippen LogP) is 2.53. The van der Waals surface area contributed by atoms with E-state index in [1.54, 1.807) is 12.4 Å². The summed E-state index contributed by atoms with van der Waals surface area (Å²) in [5.74, 6) is 1.06. The van der Waals surface area contributed by atoms with Crippen LogP contribution in [0.3, 0.4) is 0 Å². The normalized spacial score (nSPS) is 10.8. The molecule has 0 aliphatic carbocycles. The third-order valence-corrected chi connectivity index (χ3v) is 3.10. The van der Waals surface area contributed by atoms with Gasteiger partial charge in [-0.3, -0.25) is 4.98 Å². The Hall–Kier alpha value is -1.90. The molecule has 0 aromatic carbocycles. The van der Waals surface area contributed by atoms with Crippen LogP contribution in [0.25, 0.3) is 0 Å². The van der Waals surface area contributed by atoms with Gasteiger partial charge in [-0.05, 0) is 24.1 Å². The maximum atomic E-state index is 5.85. The highest BCUT2D eigenvalue weighted by Crippen LogP contribution is 2.08. The molecule has 0 aliphatic rings. The maximum Gasteiger partial charge on any atom is 0.213 e. The molecule has 3 N–H and O–H groups in total. The van der Waals surface area contributed by atoms with E-state index in [4.69, 9.17) is 10.5 Å². The lowest BCUT2D eigenvalue weighted by Crippen LogP contribution is -2.33. The molecule has 2 heterocycles. The minimum Gasteiger partial charge on any atom is -0.478 e. The van der Waals surface area contributed by atoms with Gasteiger partial charge in [0.05, 0.1) is 13.2 Å². The lowest BCUT2D eigenvalue weighted by atomic mass is 10.3. The summed E-state index contributed by atoms with van der Waals surface area (Å²) in [4.78, 5) is 12.8. The molecule has 2 aromatic rings. The number of aliphatic imine (C=N–C) groups is 1. The molecule has 0 saturated carbocycles. The molecule has 2 aromatic heterocycles. The zero-order valence-corrected chi connectivity index (χ0v) is 16.1. The number of halogens is 1. The van der Waals surface area contributed by atoms with Crippen molar-refractivity contribution in [1.29, 1.82) is 0 Å². The average molecular weight is 441 g/mol. The highest BCUT2D eigenvalue weighted by atomic mass is 127. The average Bonchev–Trinajstić information content (AvgIpc) is 2.60. The summed E-state index contributed by atoms with van der Waals surface area (Å²) in [5.41, 5.74) is 7.87. The van der Waals surface area contributed by atoms with Crippen LogP contribution in [-0.2, 0) is 13.0 Å². The van der Waals surface area contributed by atoms with E-state index in [0.29, 0.717) is 31.5 Å². The van der Waals surface area contributed by atoms with Crippen molar-refractivity contribution >= 4 is 29.9 Å². The molecule has 24 heavy (non-hydrogen) atoms. The van der Waals surface area contributed by atoms with Gasteiger partial charge in [0.2, 0.25) is 5.88 Å². The molecule has 0 unspecified atom stereocenters. The summed E-state index contributed by atoms with van der Waals surface area (Å²) in [6.45, 7) is 3.93. The number of hydrogen-bond acceptors (Lipinski definition) is 4. The van der Waals surface area contributed by atoms with Crippen LogP contribution in [0.2, 0.25) is 0 Å². The lowest BCUT2D eigenvalue weighted by molar-refractivity contribution is 0.305. The van der Waals surface area contributed by atoms with Crippen LogP contribution in [0.1, 0.15) is 24.6 Å². The van der Waals surface area contributed by atoms with E-state index in [0.717, 1.165) is 24.1 Å². The number of pyridine rings is 2. The largest absolute Gasteiger partial charge is 0.478 e. The third kappa shape index (κ3) is 7.58. The monoisotopic (exact) mass is 441 g/mol. The number of aromatic nitrogens is 2. The third-order valence-electron chi connectivity index (χ3n) is 3.10. The van der Waals surface area contributed by atoms with Gasteiger partial charge in [-0.2, -0.15) is 0 Å². The molecule has 0 radical (unpaired) electrons. The molecule has 130 valence electrons. The van der Waals surface area contributed by atoms with E-state index in [-0.39, 0.29) is 24.0 Å². The summed E-state index contributed by atoms with van der Waals surface area (Å²) in [5, 5.41) is 3.08. The van der Waals surface area contributed by atoms with Gasteiger partial charge in [-0.15, -0.1) is 24.0 Å².